The van der Waals surface area contributed by atoms with Crippen LogP contribution in [0.25, 0.3) is 0 Å². The topological polar surface area (TPSA) is 42.4 Å². The summed E-state index contributed by atoms with van der Waals surface area (Å²) in [4.78, 5) is 18.7. The number of benzene rings is 1. The number of methoxy groups -OCH3 is 1. The van der Waals surface area contributed by atoms with Crippen LogP contribution in [0.2, 0.25) is 0 Å². The second-order valence-electron chi connectivity index (χ2n) is 6.17. The molecule has 0 aliphatic carbocycles. The molecule has 0 saturated heterocycles. The molecule has 1 aliphatic rings. The predicted octanol–water partition coefficient (Wildman–Crippen LogP) is 3.55. The minimum Gasteiger partial charge on any atom is -0.497 e. The quantitative estimate of drug-likeness (QED) is 0.864. The van der Waals surface area contributed by atoms with Crippen molar-refractivity contribution < 1.29 is 9.53 Å². The first-order valence-electron chi connectivity index (χ1n) is 8.09. The van der Waals surface area contributed by atoms with E-state index >= 15 is 0 Å². The largest absolute Gasteiger partial charge is 0.497 e. The molecule has 4 nitrogen and oxygen atoms in total. The second-order valence-corrected chi connectivity index (χ2v) is 6.17. The van der Waals surface area contributed by atoms with Gasteiger partial charge in [0.1, 0.15) is 5.75 Å². The minimum atomic E-state index is 0.119. The zero-order chi connectivity index (χ0) is 17.1. The van der Waals surface area contributed by atoms with Crippen molar-refractivity contribution in [3.8, 4) is 5.75 Å². The van der Waals surface area contributed by atoms with E-state index in [2.05, 4.69) is 11.9 Å². The summed E-state index contributed by atoms with van der Waals surface area (Å²) in [6.45, 7) is 5.28. The molecular formula is C20H22N2O2. The predicted molar refractivity (Wildman–Crippen MR) is 93.8 cm³/mol. The van der Waals surface area contributed by atoms with Gasteiger partial charge in [-0.15, -0.1) is 0 Å². The van der Waals surface area contributed by atoms with Crippen LogP contribution >= 0.6 is 0 Å². The first-order valence-corrected chi connectivity index (χ1v) is 8.09. The van der Waals surface area contributed by atoms with E-state index in [9.17, 15) is 4.79 Å². The third-order valence-corrected chi connectivity index (χ3v) is 4.77. The van der Waals surface area contributed by atoms with Gasteiger partial charge in [0.2, 0.25) is 5.91 Å². The van der Waals surface area contributed by atoms with Gasteiger partial charge in [-0.2, -0.15) is 0 Å². The van der Waals surface area contributed by atoms with Crippen molar-refractivity contribution in [1.82, 2.24) is 9.88 Å². The Morgan fingerprint density at radius 3 is 2.42 bits per heavy atom. The van der Waals surface area contributed by atoms with Crippen LogP contribution in [0.3, 0.4) is 0 Å². The zero-order valence-electron chi connectivity index (χ0n) is 14.3. The first-order chi connectivity index (χ1) is 11.6. The molecule has 2 heterocycles. The van der Waals surface area contributed by atoms with Crippen molar-refractivity contribution in [1.29, 1.82) is 0 Å². The van der Waals surface area contributed by atoms with Crippen LogP contribution in [0.5, 0.6) is 5.75 Å². The van der Waals surface area contributed by atoms with Crippen LogP contribution in [0.1, 0.15) is 30.9 Å². The molecule has 124 valence electrons. The minimum absolute atomic E-state index is 0.119. The summed E-state index contributed by atoms with van der Waals surface area (Å²) in [5, 5.41) is 0. The summed E-state index contributed by atoms with van der Waals surface area (Å²) in [5.41, 5.74) is 4.30. The highest BCUT2D eigenvalue weighted by Crippen LogP contribution is 2.32. The molecule has 3 rings (SSSR count). The average molecular weight is 322 g/mol. The fourth-order valence-electron chi connectivity index (χ4n) is 3.15. The molecule has 2 aromatic rings. The van der Waals surface area contributed by atoms with E-state index in [4.69, 9.17) is 4.74 Å². The van der Waals surface area contributed by atoms with Gasteiger partial charge < -0.3 is 9.64 Å². The van der Waals surface area contributed by atoms with Crippen LogP contribution in [-0.4, -0.2) is 29.4 Å². The van der Waals surface area contributed by atoms with E-state index in [1.54, 1.807) is 7.11 Å². The van der Waals surface area contributed by atoms with E-state index in [1.807, 2.05) is 60.6 Å². The molecule has 0 N–H and O–H groups in total. The number of carbonyl (C=O) groups is 1. The molecule has 1 unspecified atom stereocenters. The highest BCUT2D eigenvalue weighted by Gasteiger charge is 2.30. The maximum atomic E-state index is 12.7. The molecular weight excluding hydrogens is 300 g/mol. The van der Waals surface area contributed by atoms with Gasteiger partial charge in [0.05, 0.1) is 7.11 Å². The Morgan fingerprint density at radius 2 is 1.79 bits per heavy atom. The molecule has 0 bridgehead atoms. The lowest BCUT2D eigenvalue weighted by Gasteiger charge is -2.34. The van der Waals surface area contributed by atoms with Crippen molar-refractivity contribution in [2.45, 2.75) is 26.3 Å². The standard InChI is InChI=1S/C20H22N2O2/c1-14-15(2)20(23)22(12-16-4-6-18(24-3)7-5-16)13-19(14)17-8-10-21-11-9-17/h4-11,19H,12-13H2,1-3H3. The molecule has 24 heavy (non-hydrogen) atoms. The Labute approximate surface area is 142 Å². The highest BCUT2D eigenvalue weighted by molar-refractivity contribution is 5.95. The number of ether oxygens (including phenoxy) is 1. The molecule has 0 saturated carbocycles. The normalized spacial score (nSPS) is 18.0. The maximum absolute atomic E-state index is 12.7. The van der Waals surface area contributed by atoms with E-state index in [0.717, 1.165) is 22.5 Å². The highest BCUT2D eigenvalue weighted by atomic mass is 16.5. The molecule has 1 aromatic carbocycles. The van der Waals surface area contributed by atoms with Gasteiger partial charge >= 0.3 is 0 Å². The van der Waals surface area contributed by atoms with E-state index in [0.29, 0.717) is 13.1 Å². The molecule has 1 atom stereocenters. The number of aromatic nitrogens is 1. The number of nitrogens with zero attached hydrogens (tertiary/aromatic N) is 2. The molecule has 0 radical (unpaired) electrons. The Morgan fingerprint density at radius 1 is 1.12 bits per heavy atom. The number of hydrogen-bond donors (Lipinski definition) is 0. The Balaban J connectivity index is 1.85. The van der Waals surface area contributed by atoms with Crippen LogP contribution in [0, 0.1) is 0 Å². The van der Waals surface area contributed by atoms with Crippen LogP contribution in [0.15, 0.2) is 59.9 Å². The lowest BCUT2D eigenvalue weighted by molar-refractivity contribution is -0.128. The zero-order valence-corrected chi connectivity index (χ0v) is 14.3. The SMILES string of the molecule is COc1ccc(CN2CC(c3ccncc3)C(C)=C(C)C2=O)cc1. The maximum Gasteiger partial charge on any atom is 0.249 e. The van der Waals surface area contributed by atoms with Crippen LogP contribution in [-0.2, 0) is 11.3 Å². The first kappa shape index (κ1) is 16.2. The van der Waals surface area contributed by atoms with Gasteiger partial charge in [0, 0.05) is 37.0 Å². The summed E-state index contributed by atoms with van der Waals surface area (Å²) in [6, 6.07) is 11.9. The third-order valence-electron chi connectivity index (χ3n) is 4.77. The van der Waals surface area contributed by atoms with Crippen LogP contribution < -0.4 is 4.74 Å². The van der Waals surface area contributed by atoms with E-state index in [1.165, 1.54) is 5.56 Å². The van der Waals surface area contributed by atoms with Gasteiger partial charge in [-0.1, -0.05) is 17.7 Å². The number of hydrogen-bond acceptors (Lipinski definition) is 3. The second kappa shape index (κ2) is 6.87. The summed E-state index contributed by atoms with van der Waals surface area (Å²) in [7, 11) is 1.65. The Bertz CT molecular complexity index is 751. The molecule has 0 fully saturated rings. The smallest absolute Gasteiger partial charge is 0.249 e. The number of pyridine rings is 1. The lowest BCUT2D eigenvalue weighted by atomic mass is 9.85. The molecule has 1 aliphatic heterocycles. The molecule has 1 amide bonds. The fraction of sp³-hybridized carbons (Fsp3) is 0.300. The molecule has 4 heteroatoms. The third kappa shape index (κ3) is 3.18. The van der Waals surface area contributed by atoms with Gasteiger partial charge in [0.15, 0.2) is 0 Å². The number of amides is 1. The summed E-state index contributed by atoms with van der Waals surface area (Å²) >= 11 is 0. The van der Waals surface area contributed by atoms with Crippen molar-refractivity contribution in [3.05, 3.63) is 71.1 Å². The van der Waals surface area contributed by atoms with Gasteiger partial charge in [-0.25, -0.2) is 0 Å². The van der Waals surface area contributed by atoms with E-state index in [-0.39, 0.29) is 11.8 Å². The lowest BCUT2D eigenvalue weighted by Crippen LogP contribution is -2.39. The molecule has 0 spiro atoms. The van der Waals surface area contributed by atoms with Crippen molar-refractivity contribution in [3.63, 3.8) is 0 Å². The fourth-order valence-corrected chi connectivity index (χ4v) is 3.15. The summed E-state index contributed by atoms with van der Waals surface area (Å²) < 4.78 is 5.19. The summed E-state index contributed by atoms with van der Waals surface area (Å²) in [5.74, 6) is 1.17. The monoisotopic (exact) mass is 322 g/mol. The average Bonchev–Trinajstić information content (AvgIpc) is 2.63. The number of carbonyl (C=O) groups excluding carboxylic acids is 1. The Hall–Kier alpha value is -2.62. The number of rotatable bonds is 4. The van der Waals surface area contributed by atoms with Gasteiger partial charge in [-0.05, 0) is 49.2 Å². The van der Waals surface area contributed by atoms with Crippen molar-refractivity contribution in [2.75, 3.05) is 13.7 Å². The summed E-state index contributed by atoms with van der Waals surface area (Å²) in [6.07, 6.45) is 3.62. The van der Waals surface area contributed by atoms with Crippen LogP contribution in [0.4, 0.5) is 0 Å². The van der Waals surface area contributed by atoms with Gasteiger partial charge in [0.25, 0.3) is 0 Å². The van der Waals surface area contributed by atoms with Crippen molar-refractivity contribution >= 4 is 5.91 Å². The molecule has 1 aromatic heterocycles. The Kier molecular flexibility index (Phi) is 4.65. The van der Waals surface area contributed by atoms with Gasteiger partial charge in [-0.3, -0.25) is 9.78 Å². The van der Waals surface area contributed by atoms with Crippen molar-refractivity contribution in [2.24, 2.45) is 0 Å². The van der Waals surface area contributed by atoms with E-state index < -0.39 is 0 Å².